The Labute approximate surface area is 152 Å². The van der Waals surface area contributed by atoms with Crippen LogP contribution in [0.15, 0.2) is 62.3 Å². The number of rotatable bonds is 2. The van der Waals surface area contributed by atoms with Crippen LogP contribution in [0, 0.1) is 6.92 Å². The van der Waals surface area contributed by atoms with Gasteiger partial charge < -0.3 is 8.94 Å². The molecule has 4 nitrogen and oxygen atoms in total. The summed E-state index contributed by atoms with van der Waals surface area (Å²) in [6, 6.07) is 14.0. The van der Waals surface area contributed by atoms with Gasteiger partial charge >= 0.3 is 0 Å². The molecular formula is C19H11Cl2NO3. The minimum Gasteiger partial charge on any atom is -0.454 e. The van der Waals surface area contributed by atoms with Crippen LogP contribution in [0.25, 0.3) is 33.6 Å². The van der Waals surface area contributed by atoms with Gasteiger partial charge in [0.05, 0.1) is 16.0 Å². The molecule has 0 fully saturated rings. The molecule has 2 heterocycles. The molecule has 0 unspecified atom stereocenters. The highest BCUT2D eigenvalue weighted by molar-refractivity contribution is 6.38. The molecule has 0 saturated carbocycles. The van der Waals surface area contributed by atoms with E-state index in [9.17, 15) is 4.79 Å². The molecule has 0 radical (unpaired) electrons. The van der Waals surface area contributed by atoms with E-state index in [0.29, 0.717) is 33.2 Å². The number of hydrogen-bond acceptors (Lipinski definition) is 4. The molecule has 6 heteroatoms. The third-order valence-electron chi connectivity index (χ3n) is 3.90. The Morgan fingerprint density at radius 3 is 2.56 bits per heavy atom. The van der Waals surface area contributed by atoms with Crippen LogP contribution in [0.2, 0.25) is 10.0 Å². The van der Waals surface area contributed by atoms with Crippen molar-refractivity contribution in [2.45, 2.75) is 6.92 Å². The Bertz CT molecular complexity index is 1150. The average Bonchev–Trinajstić information content (AvgIpc) is 2.98. The van der Waals surface area contributed by atoms with E-state index in [1.54, 1.807) is 6.92 Å². The highest BCUT2D eigenvalue weighted by Gasteiger charge is 2.20. The van der Waals surface area contributed by atoms with Crippen molar-refractivity contribution in [2.24, 2.45) is 0 Å². The highest BCUT2D eigenvalue weighted by atomic mass is 35.5. The van der Waals surface area contributed by atoms with Gasteiger partial charge in [-0.2, -0.15) is 0 Å². The molecule has 0 amide bonds. The summed E-state index contributed by atoms with van der Waals surface area (Å²) in [6.07, 6.45) is 0. The first-order valence-corrected chi connectivity index (χ1v) is 8.25. The molecule has 25 heavy (non-hydrogen) atoms. The van der Waals surface area contributed by atoms with Gasteiger partial charge in [0.15, 0.2) is 11.0 Å². The number of benzene rings is 2. The fraction of sp³-hybridized carbons (Fsp3) is 0.0526. The molecule has 0 bridgehead atoms. The largest absolute Gasteiger partial charge is 0.454 e. The van der Waals surface area contributed by atoms with Crippen molar-refractivity contribution in [3.05, 3.63) is 74.6 Å². The predicted molar refractivity (Wildman–Crippen MR) is 98.2 cm³/mol. The highest BCUT2D eigenvalue weighted by Crippen LogP contribution is 2.36. The summed E-state index contributed by atoms with van der Waals surface area (Å²) in [5, 5.41) is 5.10. The second-order valence-electron chi connectivity index (χ2n) is 5.57. The van der Waals surface area contributed by atoms with Crippen LogP contribution in [0.5, 0.6) is 0 Å². The lowest BCUT2D eigenvalue weighted by Crippen LogP contribution is -2.01. The maximum Gasteiger partial charge on any atom is 0.193 e. The number of fused-ring (bicyclic) bond motifs is 1. The van der Waals surface area contributed by atoms with Crippen LogP contribution in [0.4, 0.5) is 0 Å². The van der Waals surface area contributed by atoms with Crippen molar-refractivity contribution in [3.63, 3.8) is 0 Å². The minimum absolute atomic E-state index is 0.236. The zero-order valence-corrected chi connectivity index (χ0v) is 14.6. The summed E-state index contributed by atoms with van der Waals surface area (Å²) in [7, 11) is 0. The van der Waals surface area contributed by atoms with Crippen LogP contribution in [0.1, 0.15) is 5.76 Å². The fourth-order valence-corrected chi connectivity index (χ4v) is 3.29. The van der Waals surface area contributed by atoms with Crippen LogP contribution in [0.3, 0.4) is 0 Å². The van der Waals surface area contributed by atoms with Crippen molar-refractivity contribution in [2.75, 3.05) is 0 Å². The van der Waals surface area contributed by atoms with Gasteiger partial charge in [0.2, 0.25) is 0 Å². The standard InChI is InChI=1S/C19H11Cl2NO3/c1-10-17(18(22-25-10)11-5-3-2-4-6-11)16-9-15(23)13-7-12(20)8-14(21)19(13)24-16/h2-9H,1H3. The topological polar surface area (TPSA) is 56.2 Å². The van der Waals surface area contributed by atoms with Gasteiger partial charge in [0, 0.05) is 16.7 Å². The van der Waals surface area contributed by atoms with Gasteiger partial charge in [-0.1, -0.05) is 58.7 Å². The van der Waals surface area contributed by atoms with Crippen LogP contribution >= 0.6 is 23.2 Å². The Hall–Kier alpha value is -2.56. The lowest BCUT2D eigenvalue weighted by Gasteiger charge is -2.06. The van der Waals surface area contributed by atoms with Crippen molar-refractivity contribution in [3.8, 4) is 22.6 Å². The van der Waals surface area contributed by atoms with Crippen LogP contribution in [-0.2, 0) is 0 Å². The molecule has 0 spiro atoms. The predicted octanol–water partition coefficient (Wildman–Crippen LogP) is 5.73. The van der Waals surface area contributed by atoms with Crippen molar-refractivity contribution < 1.29 is 8.94 Å². The van der Waals surface area contributed by atoms with E-state index in [-0.39, 0.29) is 16.0 Å². The summed E-state index contributed by atoms with van der Waals surface area (Å²) < 4.78 is 11.3. The first-order chi connectivity index (χ1) is 12.0. The van der Waals surface area contributed by atoms with Gasteiger partial charge in [-0.15, -0.1) is 0 Å². The first kappa shape index (κ1) is 15.9. The van der Waals surface area contributed by atoms with E-state index >= 15 is 0 Å². The Morgan fingerprint density at radius 1 is 1.04 bits per heavy atom. The molecule has 124 valence electrons. The number of aryl methyl sites for hydroxylation is 1. The Morgan fingerprint density at radius 2 is 1.80 bits per heavy atom. The summed E-state index contributed by atoms with van der Waals surface area (Å²) in [6.45, 7) is 1.77. The third-order valence-corrected chi connectivity index (χ3v) is 4.40. The van der Waals surface area contributed by atoms with Crippen LogP contribution < -0.4 is 5.43 Å². The summed E-state index contributed by atoms with van der Waals surface area (Å²) in [5.74, 6) is 0.894. The van der Waals surface area contributed by atoms with E-state index in [0.717, 1.165) is 5.56 Å². The first-order valence-electron chi connectivity index (χ1n) is 7.49. The number of nitrogens with zero attached hydrogens (tertiary/aromatic N) is 1. The molecule has 0 atom stereocenters. The smallest absolute Gasteiger partial charge is 0.193 e. The van der Waals surface area contributed by atoms with E-state index in [1.807, 2.05) is 30.3 Å². The molecule has 2 aromatic carbocycles. The molecule has 0 N–H and O–H groups in total. The fourth-order valence-electron chi connectivity index (χ4n) is 2.76. The molecule has 4 aromatic rings. The van der Waals surface area contributed by atoms with Crippen molar-refractivity contribution >= 4 is 34.2 Å². The van der Waals surface area contributed by atoms with E-state index < -0.39 is 0 Å². The van der Waals surface area contributed by atoms with Crippen molar-refractivity contribution in [1.82, 2.24) is 5.16 Å². The number of halogens is 2. The molecular weight excluding hydrogens is 361 g/mol. The monoisotopic (exact) mass is 371 g/mol. The Kier molecular flexibility index (Phi) is 3.86. The molecule has 4 rings (SSSR count). The SMILES string of the molecule is Cc1onc(-c2ccccc2)c1-c1cc(=O)c2cc(Cl)cc(Cl)c2o1. The van der Waals surface area contributed by atoms with Gasteiger partial charge in [0.25, 0.3) is 0 Å². The number of hydrogen-bond donors (Lipinski definition) is 0. The van der Waals surface area contributed by atoms with Gasteiger partial charge in [-0.3, -0.25) is 4.79 Å². The second-order valence-corrected chi connectivity index (χ2v) is 6.41. The average molecular weight is 372 g/mol. The van der Waals surface area contributed by atoms with E-state index in [2.05, 4.69) is 5.16 Å². The van der Waals surface area contributed by atoms with Crippen LogP contribution in [-0.4, -0.2) is 5.16 Å². The Balaban J connectivity index is 2.01. The normalized spacial score (nSPS) is 11.2. The van der Waals surface area contributed by atoms with Crippen molar-refractivity contribution in [1.29, 1.82) is 0 Å². The van der Waals surface area contributed by atoms with Gasteiger partial charge in [-0.05, 0) is 19.1 Å². The second kappa shape index (κ2) is 6.06. The molecule has 0 saturated heterocycles. The van der Waals surface area contributed by atoms with Gasteiger partial charge in [-0.25, -0.2) is 0 Å². The molecule has 0 aliphatic rings. The molecule has 0 aliphatic carbocycles. The third kappa shape index (κ3) is 2.73. The summed E-state index contributed by atoms with van der Waals surface area (Å²) in [4.78, 5) is 12.5. The van der Waals surface area contributed by atoms with Gasteiger partial charge in [0.1, 0.15) is 17.2 Å². The zero-order chi connectivity index (χ0) is 17.6. The van der Waals surface area contributed by atoms with E-state index in [4.69, 9.17) is 32.1 Å². The lowest BCUT2D eigenvalue weighted by molar-refractivity contribution is 0.400. The van der Waals surface area contributed by atoms with E-state index in [1.165, 1.54) is 18.2 Å². The minimum atomic E-state index is -0.236. The zero-order valence-electron chi connectivity index (χ0n) is 13.0. The number of aromatic nitrogens is 1. The molecule has 2 aromatic heterocycles. The summed E-state index contributed by atoms with van der Waals surface area (Å²) in [5.41, 5.74) is 2.13. The maximum atomic E-state index is 12.5. The summed E-state index contributed by atoms with van der Waals surface area (Å²) >= 11 is 12.2. The quantitative estimate of drug-likeness (QED) is 0.451. The lowest BCUT2D eigenvalue weighted by atomic mass is 10.0. The maximum absolute atomic E-state index is 12.5. The molecule has 0 aliphatic heterocycles.